The third kappa shape index (κ3) is 2.07. The molecule has 0 saturated heterocycles. The molecule has 0 radical (unpaired) electrons. The van der Waals surface area contributed by atoms with E-state index in [1.165, 1.54) is 0 Å². The Balaban J connectivity index is 3.55. The van der Waals surface area contributed by atoms with Crippen molar-refractivity contribution in [3.8, 4) is 6.07 Å². The van der Waals surface area contributed by atoms with Crippen LogP contribution in [0.25, 0.3) is 0 Å². The lowest BCUT2D eigenvalue weighted by Crippen LogP contribution is -2.09. The predicted molar refractivity (Wildman–Crippen MR) is 43.9 cm³/mol. The zero-order chi connectivity index (χ0) is 12.3. The van der Waals surface area contributed by atoms with Crippen LogP contribution in [0.5, 0.6) is 0 Å². The van der Waals surface area contributed by atoms with E-state index in [0.29, 0.717) is 12.1 Å². The van der Waals surface area contributed by atoms with E-state index in [0.717, 1.165) is 12.1 Å². The summed E-state index contributed by atoms with van der Waals surface area (Å²) < 4.78 is 50.2. The Labute approximate surface area is 86.6 Å². The number of carbonyl (C=O) groups excluding carboxylic acids is 1. The summed E-state index contributed by atoms with van der Waals surface area (Å²) in [6.45, 7) is 0. The highest BCUT2D eigenvalue weighted by molar-refractivity contribution is 5.56. The number of rotatable bonds is 1. The molecule has 1 aromatic carbocycles. The van der Waals surface area contributed by atoms with Crippen molar-refractivity contribution < 1.29 is 22.4 Å². The SMILES string of the molecule is N#Cc1c(C(F)(F)F)ccc(N=C=O)c1F. The molecule has 0 amide bonds. The van der Waals surface area contributed by atoms with E-state index in [4.69, 9.17) is 5.26 Å². The molecule has 0 N–H and O–H groups in total. The minimum Gasteiger partial charge on any atom is -0.211 e. The third-order valence-corrected chi connectivity index (χ3v) is 1.70. The van der Waals surface area contributed by atoms with Crippen molar-refractivity contribution in [2.45, 2.75) is 6.18 Å². The van der Waals surface area contributed by atoms with Gasteiger partial charge in [0.15, 0.2) is 5.82 Å². The first-order valence-electron chi connectivity index (χ1n) is 3.79. The van der Waals surface area contributed by atoms with Crippen molar-refractivity contribution in [2.75, 3.05) is 0 Å². The smallest absolute Gasteiger partial charge is 0.211 e. The Morgan fingerprint density at radius 1 is 1.31 bits per heavy atom. The Hall–Kier alpha value is -2.19. The van der Waals surface area contributed by atoms with Gasteiger partial charge >= 0.3 is 6.18 Å². The lowest BCUT2D eigenvalue weighted by Gasteiger charge is -2.09. The molecule has 3 nitrogen and oxygen atoms in total. The molecular formula is C9H2F4N2O. The van der Waals surface area contributed by atoms with Crippen LogP contribution >= 0.6 is 0 Å². The minimum atomic E-state index is -4.84. The highest BCUT2D eigenvalue weighted by atomic mass is 19.4. The average molecular weight is 230 g/mol. The largest absolute Gasteiger partial charge is 0.417 e. The van der Waals surface area contributed by atoms with E-state index in [1.54, 1.807) is 0 Å². The quantitative estimate of drug-likeness (QED) is 0.423. The van der Waals surface area contributed by atoms with Crippen molar-refractivity contribution in [2.24, 2.45) is 4.99 Å². The van der Waals surface area contributed by atoms with Gasteiger partial charge in [-0.25, -0.2) is 9.18 Å². The van der Waals surface area contributed by atoms with Crippen LogP contribution in [0.1, 0.15) is 11.1 Å². The van der Waals surface area contributed by atoms with Crippen molar-refractivity contribution >= 4 is 11.8 Å². The Morgan fingerprint density at radius 2 is 1.94 bits per heavy atom. The number of nitrogens with zero attached hydrogens (tertiary/aromatic N) is 2. The van der Waals surface area contributed by atoms with Crippen LogP contribution in [0.15, 0.2) is 17.1 Å². The van der Waals surface area contributed by atoms with Crippen LogP contribution in [0.2, 0.25) is 0 Å². The maximum atomic E-state index is 13.3. The van der Waals surface area contributed by atoms with Crippen molar-refractivity contribution in [3.63, 3.8) is 0 Å². The maximum absolute atomic E-state index is 13.3. The topological polar surface area (TPSA) is 53.2 Å². The van der Waals surface area contributed by atoms with E-state index in [-0.39, 0.29) is 0 Å². The molecular weight excluding hydrogens is 228 g/mol. The van der Waals surface area contributed by atoms with E-state index in [1.807, 2.05) is 0 Å². The van der Waals surface area contributed by atoms with Crippen LogP contribution in [0, 0.1) is 17.1 Å². The molecule has 82 valence electrons. The number of isocyanates is 1. The van der Waals surface area contributed by atoms with Gasteiger partial charge in [-0.2, -0.15) is 23.4 Å². The van der Waals surface area contributed by atoms with Crippen molar-refractivity contribution in [3.05, 3.63) is 29.1 Å². The number of benzene rings is 1. The Kier molecular flexibility index (Phi) is 3.06. The number of aliphatic imine (C=N–C) groups is 1. The number of halogens is 4. The molecule has 1 aromatic rings. The van der Waals surface area contributed by atoms with Gasteiger partial charge in [0.1, 0.15) is 17.3 Å². The second-order valence-corrected chi connectivity index (χ2v) is 2.63. The average Bonchev–Trinajstić information content (AvgIpc) is 2.19. The van der Waals surface area contributed by atoms with Gasteiger partial charge < -0.3 is 0 Å². The van der Waals surface area contributed by atoms with E-state index >= 15 is 0 Å². The molecule has 0 atom stereocenters. The first-order valence-corrected chi connectivity index (χ1v) is 3.79. The van der Waals surface area contributed by atoms with Crippen LogP contribution < -0.4 is 0 Å². The summed E-state index contributed by atoms with van der Waals surface area (Å²) in [7, 11) is 0. The number of hydrogen-bond donors (Lipinski definition) is 0. The van der Waals surface area contributed by atoms with Gasteiger partial charge in [-0.15, -0.1) is 0 Å². The molecule has 0 heterocycles. The molecule has 1 rings (SSSR count). The number of alkyl halides is 3. The normalized spacial score (nSPS) is 10.4. The molecule has 0 fully saturated rings. The van der Waals surface area contributed by atoms with Gasteiger partial charge in [0.05, 0.1) is 5.56 Å². The van der Waals surface area contributed by atoms with Crippen LogP contribution in [0.4, 0.5) is 23.2 Å². The standard InChI is InChI=1S/C9H2F4N2O/c10-8-5(3-14)6(9(11,12)13)1-2-7(8)15-4-16/h1-2H. The summed E-state index contributed by atoms with van der Waals surface area (Å²) in [6, 6.07) is 2.22. The number of hydrogen-bond acceptors (Lipinski definition) is 3. The third-order valence-electron chi connectivity index (χ3n) is 1.70. The van der Waals surface area contributed by atoms with Crippen molar-refractivity contribution in [1.82, 2.24) is 0 Å². The molecule has 16 heavy (non-hydrogen) atoms. The highest BCUT2D eigenvalue weighted by Crippen LogP contribution is 2.35. The van der Waals surface area contributed by atoms with Gasteiger partial charge in [0.25, 0.3) is 0 Å². The summed E-state index contributed by atoms with van der Waals surface area (Å²) >= 11 is 0. The minimum absolute atomic E-state index is 0.484. The van der Waals surface area contributed by atoms with Crippen LogP contribution in [-0.2, 0) is 11.0 Å². The second kappa shape index (κ2) is 4.13. The molecule has 0 aliphatic carbocycles. The van der Waals surface area contributed by atoms with Gasteiger partial charge in [-0.1, -0.05) is 0 Å². The molecule has 0 aliphatic heterocycles. The fourth-order valence-electron chi connectivity index (χ4n) is 1.05. The molecule has 0 aliphatic rings. The lowest BCUT2D eigenvalue weighted by molar-refractivity contribution is -0.138. The van der Waals surface area contributed by atoms with Crippen molar-refractivity contribution in [1.29, 1.82) is 5.26 Å². The second-order valence-electron chi connectivity index (χ2n) is 2.63. The summed E-state index contributed by atoms with van der Waals surface area (Å²) in [5.41, 5.74) is -3.25. The Bertz CT molecular complexity index is 509. The van der Waals surface area contributed by atoms with Crippen LogP contribution in [-0.4, -0.2) is 6.08 Å². The molecule has 0 bridgehead atoms. The summed E-state index contributed by atoms with van der Waals surface area (Å²) in [4.78, 5) is 12.7. The summed E-state index contributed by atoms with van der Waals surface area (Å²) in [6.07, 6.45) is -3.86. The summed E-state index contributed by atoms with van der Waals surface area (Å²) in [5.74, 6) is -1.49. The predicted octanol–water partition coefficient (Wildman–Crippen LogP) is 2.68. The lowest BCUT2D eigenvalue weighted by atomic mass is 10.1. The van der Waals surface area contributed by atoms with E-state index in [2.05, 4.69) is 4.99 Å². The molecule has 7 heteroatoms. The van der Waals surface area contributed by atoms with E-state index < -0.39 is 28.8 Å². The Morgan fingerprint density at radius 3 is 2.38 bits per heavy atom. The fourth-order valence-corrected chi connectivity index (χ4v) is 1.05. The molecule has 0 unspecified atom stereocenters. The zero-order valence-electron chi connectivity index (χ0n) is 7.47. The van der Waals surface area contributed by atoms with Gasteiger partial charge in [0.2, 0.25) is 6.08 Å². The molecule has 0 saturated carbocycles. The first-order chi connectivity index (χ1) is 7.41. The van der Waals surface area contributed by atoms with Gasteiger partial charge in [-0.3, -0.25) is 0 Å². The highest BCUT2D eigenvalue weighted by Gasteiger charge is 2.35. The molecule has 0 aromatic heterocycles. The van der Waals surface area contributed by atoms with Gasteiger partial charge in [0, 0.05) is 0 Å². The maximum Gasteiger partial charge on any atom is 0.417 e. The summed E-state index contributed by atoms with van der Waals surface area (Å²) in [5, 5.41) is 8.43. The first kappa shape index (κ1) is 11.9. The van der Waals surface area contributed by atoms with E-state index in [9.17, 15) is 22.4 Å². The monoisotopic (exact) mass is 230 g/mol. The zero-order valence-corrected chi connectivity index (χ0v) is 7.47. The fraction of sp³-hybridized carbons (Fsp3) is 0.111. The number of nitriles is 1. The molecule has 0 spiro atoms. The van der Waals surface area contributed by atoms with Crippen LogP contribution in [0.3, 0.4) is 0 Å². The van der Waals surface area contributed by atoms with Gasteiger partial charge in [-0.05, 0) is 12.1 Å².